The highest BCUT2D eigenvalue weighted by Gasteiger charge is 2.48. The van der Waals surface area contributed by atoms with E-state index in [1.54, 1.807) is 30.3 Å². The Morgan fingerprint density at radius 1 is 1.06 bits per heavy atom. The fourth-order valence-electron chi connectivity index (χ4n) is 4.27. The number of imide groups is 1. The molecule has 32 heavy (non-hydrogen) atoms. The molecule has 0 radical (unpaired) electrons. The molecular formula is C24H23ClN2O5. The molecule has 2 aliphatic rings. The van der Waals surface area contributed by atoms with Crippen molar-refractivity contribution in [2.24, 2.45) is 11.8 Å². The SMILES string of the molecule is Cc1ccc(NC(=O)COC(=O)c2cccc(N3C(=O)[C@@H]4CCCC[C@H]4C3=O)c2)cc1Cl. The number of hydrogen-bond donors (Lipinski definition) is 1. The van der Waals surface area contributed by atoms with E-state index in [2.05, 4.69) is 5.32 Å². The molecule has 3 amide bonds. The van der Waals surface area contributed by atoms with E-state index in [1.807, 2.05) is 6.92 Å². The van der Waals surface area contributed by atoms with Gasteiger partial charge in [-0.2, -0.15) is 0 Å². The number of aryl methyl sites for hydroxylation is 1. The van der Waals surface area contributed by atoms with E-state index >= 15 is 0 Å². The van der Waals surface area contributed by atoms with Crippen LogP contribution in [0.15, 0.2) is 42.5 Å². The summed E-state index contributed by atoms with van der Waals surface area (Å²) < 4.78 is 5.11. The molecule has 2 aromatic carbocycles. The summed E-state index contributed by atoms with van der Waals surface area (Å²) in [4.78, 5) is 51.4. The average molecular weight is 455 g/mol. The number of amides is 3. The zero-order valence-corrected chi connectivity index (χ0v) is 18.4. The Hall–Kier alpha value is -3.19. The summed E-state index contributed by atoms with van der Waals surface area (Å²) in [6, 6.07) is 11.3. The second kappa shape index (κ2) is 9.12. The standard InChI is InChI=1S/C24H23ClN2O5/c1-14-9-10-16(12-20(14)25)26-21(28)13-32-24(31)15-5-4-6-17(11-15)27-22(29)18-7-2-3-8-19(18)23(27)30/h4-6,9-12,18-19H,2-3,7-8,13H2,1H3,(H,26,28)/t18-,19-/m1/s1. The van der Waals surface area contributed by atoms with Gasteiger partial charge in [-0.1, -0.05) is 36.6 Å². The second-order valence-corrected chi connectivity index (χ2v) is 8.56. The zero-order chi connectivity index (χ0) is 22.8. The van der Waals surface area contributed by atoms with Crippen molar-refractivity contribution in [1.29, 1.82) is 0 Å². The molecule has 8 heteroatoms. The zero-order valence-electron chi connectivity index (χ0n) is 17.6. The van der Waals surface area contributed by atoms with E-state index in [-0.39, 0.29) is 29.2 Å². The third-order valence-corrected chi connectivity index (χ3v) is 6.38. The average Bonchev–Trinajstić information content (AvgIpc) is 3.05. The molecule has 2 fully saturated rings. The van der Waals surface area contributed by atoms with Gasteiger partial charge in [0.1, 0.15) is 0 Å². The van der Waals surface area contributed by atoms with Crippen molar-refractivity contribution in [2.75, 3.05) is 16.8 Å². The molecule has 0 aromatic heterocycles. The smallest absolute Gasteiger partial charge is 0.338 e. The fraction of sp³-hybridized carbons (Fsp3) is 0.333. The molecule has 166 valence electrons. The third-order valence-electron chi connectivity index (χ3n) is 5.97. The van der Waals surface area contributed by atoms with Crippen molar-refractivity contribution < 1.29 is 23.9 Å². The van der Waals surface area contributed by atoms with Gasteiger partial charge in [0.05, 0.1) is 23.1 Å². The lowest BCUT2D eigenvalue weighted by molar-refractivity contribution is -0.122. The highest BCUT2D eigenvalue weighted by atomic mass is 35.5. The molecule has 2 atom stereocenters. The minimum atomic E-state index is -0.722. The van der Waals surface area contributed by atoms with Gasteiger partial charge in [0.25, 0.3) is 5.91 Å². The van der Waals surface area contributed by atoms with E-state index in [4.69, 9.17) is 16.3 Å². The lowest BCUT2D eigenvalue weighted by Gasteiger charge is -2.19. The maximum atomic E-state index is 12.8. The summed E-state index contributed by atoms with van der Waals surface area (Å²) in [6.45, 7) is 1.36. The van der Waals surface area contributed by atoms with Crippen LogP contribution in [0, 0.1) is 18.8 Å². The van der Waals surface area contributed by atoms with Crippen LogP contribution in [0.2, 0.25) is 5.02 Å². The van der Waals surface area contributed by atoms with Crippen molar-refractivity contribution in [3.8, 4) is 0 Å². The van der Waals surface area contributed by atoms with Crippen molar-refractivity contribution in [3.05, 3.63) is 58.6 Å². The first-order chi connectivity index (χ1) is 15.3. The van der Waals surface area contributed by atoms with Gasteiger partial charge < -0.3 is 10.1 Å². The molecule has 0 unspecified atom stereocenters. The van der Waals surface area contributed by atoms with Gasteiger partial charge in [0, 0.05) is 10.7 Å². The van der Waals surface area contributed by atoms with E-state index in [0.29, 0.717) is 16.4 Å². The Bertz CT molecular complexity index is 1080. The molecule has 1 N–H and O–H groups in total. The topological polar surface area (TPSA) is 92.8 Å². The maximum absolute atomic E-state index is 12.8. The van der Waals surface area contributed by atoms with Crippen LogP contribution in [-0.2, 0) is 19.1 Å². The predicted molar refractivity (Wildman–Crippen MR) is 119 cm³/mol. The van der Waals surface area contributed by atoms with Gasteiger partial charge >= 0.3 is 5.97 Å². The van der Waals surface area contributed by atoms with Crippen LogP contribution in [-0.4, -0.2) is 30.3 Å². The monoisotopic (exact) mass is 454 g/mol. The summed E-state index contributed by atoms with van der Waals surface area (Å²) >= 11 is 6.05. The van der Waals surface area contributed by atoms with Crippen molar-refractivity contribution in [2.45, 2.75) is 32.6 Å². The summed E-state index contributed by atoms with van der Waals surface area (Å²) in [5.74, 6) is -2.19. The van der Waals surface area contributed by atoms with Crippen LogP contribution in [0.25, 0.3) is 0 Å². The Kier molecular flexibility index (Phi) is 6.28. The minimum absolute atomic E-state index is 0.157. The van der Waals surface area contributed by atoms with E-state index in [0.717, 1.165) is 31.2 Å². The summed E-state index contributed by atoms with van der Waals surface area (Å²) in [7, 11) is 0. The molecule has 1 aliphatic heterocycles. The Balaban J connectivity index is 1.40. The van der Waals surface area contributed by atoms with E-state index < -0.39 is 18.5 Å². The van der Waals surface area contributed by atoms with Crippen molar-refractivity contribution in [1.82, 2.24) is 0 Å². The molecule has 1 saturated carbocycles. The lowest BCUT2D eigenvalue weighted by atomic mass is 9.81. The molecule has 1 saturated heterocycles. The van der Waals surface area contributed by atoms with Gasteiger partial charge in [-0.25, -0.2) is 4.79 Å². The van der Waals surface area contributed by atoms with Gasteiger partial charge in [0.15, 0.2) is 6.61 Å². The lowest BCUT2D eigenvalue weighted by Crippen LogP contribution is -2.31. The van der Waals surface area contributed by atoms with Crippen molar-refractivity contribution in [3.63, 3.8) is 0 Å². The van der Waals surface area contributed by atoms with E-state index in [9.17, 15) is 19.2 Å². The number of fused-ring (bicyclic) bond motifs is 1. The van der Waals surface area contributed by atoms with Gasteiger partial charge in [-0.15, -0.1) is 0 Å². The van der Waals surface area contributed by atoms with Crippen LogP contribution in [0.3, 0.4) is 0 Å². The number of carbonyl (C=O) groups excluding carboxylic acids is 4. The molecule has 2 aromatic rings. The number of nitrogens with one attached hydrogen (secondary N) is 1. The van der Waals surface area contributed by atoms with Crippen molar-refractivity contribution >= 4 is 46.7 Å². The third kappa shape index (κ3) is 4.39. The number of nitrogens with zero attached hydrogens (tertiary/aromatic N) is 1. The second-order valence-electron chi connectivity index (χ2n) is 8.15. The largest absolute Gasteiger partial charge is 0.452 e. The molecular weight excluding hydrogens is 432 g/mol. The number of carbonyl (C=O) groups is 4. The Labute approximate surface area is 190 Å². The number of halogens is 1. The van der Waals surface area contributed by atoms with Crippen LogP contribution in [0.4, 0.5) is 11.4 Å². The van der Waals surface area contributed by atoms with Crippen LogP contribution in [0.1, 0.15) is 41.6 Å². The maximum Gasteiger partial charge on any atom is 0.338 e. The van der Waals surface area contributed by atoms with Crippen LogP contribution in [0.5, 0.6) is 0 Å². The normalized spacial score (nSPS) is 20.1. The van der Waals surface area contributed by atoms with Crippen LogP contribution < -0.4 is 10.2 Å². The highest BCUT2D eigenvalue weighted by molar-refractivity contribution is 6.31. The molecule has 4 rings (SSSR count). The number of ether oxygens (including phenoxy) is 1. The molecule has 0 bridgehead atoms. The number of esters is 1. The van der Waals surface area contributed by atoms with Gasteiger partial charge in [-0.05, 0) is 55.7 Å². The first-order valence-electron chi connectivity index (χ1n) is 10.6. The van der Waals surface area contributed by atoms with Gasteiger partial charge in [-0.3, -0.25) is 19.3 Å². The summed E-state index contributed by atoms with van der Waals surface area (Å²) in [5, 5.41) is 3.13. The quantitative estimate of drug-likeness (QED) is 0.541. The number of hydrogen-bond acceptors (Lipinski definition) is 5. The first kappa shape index (κ1) is 22.0. The molecule has 1 heterocycles. The Morgan fingerprint density at radius 3 is 2.41 bits per heavy atom. The fourth-order valence-corrected chi connectivity index (χ4v) is 4.45. The summed E-state index contributed by atoms with van der Waals surface area (Å²) in [5.41, 5.74) is 1.88. The number of anilines is 2. The first-order valence-corrected chi connectivity index (χ1v) is 10.9. The van der Waals surface area contributed by atoms with E-state index in [1.165, 1.54) is 17.0 Å². The molecule has 1 aliphatic carbocycles. The molecule has 0 spiro atoms. The van der Waals surface area contributed by atoms with Gasteiger partial charge in [0.2, 0.25) is 11.8 Å². The number of benzene rings is 2. The predicted octanol–water partition coefficient (Wildman–Crippen LogP) is 4.12. The highest BCUT2D eigenvalue weighted by Crippen LogP contribution is 2.40. The summed E-state index contributed by atoms with van der Waals surface area (Å²) in [6.07, 6.45) is 3.32. The number of rotatable bonds is 5. The van der Waals surface area contributed by atoms with Crippen LogP contribution >= 0.6 is 11.6 Å². The molecule has 7 nitrogen and oxygen atoms in total. The minimum Gasteiger partial charge on any atom is -0.452 e. The Morgan fingerprint density at radius 2 is 1.75 bits per heavy atom.